The van der Waals surface area contributed by atoms with E-state index in [2.05, 4.69) is 194 Å². The van der Waals surface area contributed by atoms with Gasteiger partial charge in [0, 0.05) is 50.1 Å². The van der Waals surface area contributed by atoms with Gasteiger partial charge in [-0.3, -0.25) is 0 Å². The van der Waals surface area contributed by atoms with Gasteiger partial charge in [-0.05, 0) is 58.0 Å². The van der Waals surface area contributed by atoms with Crippen molar-refractivity contribution in [1.82, 2.24) is 9.97 Å². The highest BCUT2D eigenvalue weighted by Crippen LogP contribution is 2.62. The van der Waals surface area contributed by atoms with E-state index < -0.39 is 5.41 Å². The summed E-state index contributed by atoms with van der Waals surface area (Å²) in [5.74, 6) is 2.46. The van der Waals surface area contributed by atoms with Crippen molar-refractivity contribution in [2.24, 2.45) is 0 Å². The molecule has 1 atom stereocenters. The number of hydrogen-bond acceptors (Lipinski definition) is 4. The van der Waals surface area contributed by atoms with E-state index in [0.717, 1.165) is 84.6 Å². The van der Waals surface area contributed by atoms with Gasteiger partial charge >= 0.3 is 0 Å². The molecule has 13 rings (SSSR count). The predicted molar refractivity (Wildman–Crippen MR) is 253 cm³/mol. The van der Waals surface area contributed by atoms with Gasteiger partial charge < -0.3 is 9.15 Å². The summed E-state index contributed by atoms with van der Waals surface area (Å²) in [6, 6.07) is 70.8. The number of para-hydroxylation sites is 3. The molecule has 1 spiro atoms. The minimum absolute atomic E-state index is 0.0842. The van der Waals surface area contributed by atoms with Gasteiger partial charge in [-0.25, -0.2) is 9.97 Å². The molecule has 0 N–H and O–H groups in total. The fraction of sp³-hybridized carbons (Fsp3) is 0.0508. The lowest BCUT2D eigenvalue weighted by Gasteiger charge is -2.43. The SMILES string of the molecule is C1=CC2=C(Oc3ccccc3C23c2ccccc2-c2ccccc23)C(c2ccccc2-c2nc(-c3ccccc3)cc(-c3ccc(-c4cccc5c4oc4ccccc45)cc3)n2)C1. The van der Waals surface area contributed by atoms with E-state index in [4.69, 9.17) is 19.1 Å². The molecule has 0 radical (unpaired) electrons. The lowest BCUT2D eigenvalue weighted by molar-refractivity contribution is 0.345. The Kier molecular flexibility index (Phi) is 7.91. The van der Waals surface area contributed by atoms with Crippen LogP contribution in [-0.4, -0.2) is 9.97 Å². The van der Waals surface area contributed by atoms with Gasteiger partial charge in [-0.2, -0.15) is 0 Å². The van der Waals surface area contributed by atoms with Crippen molar-refractivity contribution in [2.75, 3.05) is 0 Å². The molecule has 4 nitrogen and oxygen atoms in total. The lowest BCUT2D eigenvalue weighted by Crippen LogP contribution is -2.36. The molecule has 63 heavy (non-hydrogen) atoms. The molecular weight excluding hydrogens is 769 g/mol. The van der Waals surface area contributed by atoms with Crippen LogP contribution >= 0.6 is 0 Å². The van der Waals surface area contributed by atoms with Crippen LogP contribution in [0.3, 0.4) is 0 Å². The summed E-state index contributed by atoms with van der Waals surface area (Å²) >= 11 is 0. The lowest BCUT2D eigenvalue weighted by atomic mass is 9.63. The molecule has 2 aliphatic carbocycles. The number of aromatic nitrogens is 2. The van der Waals surface area contributed by atoms with E-state index in [1.807, 2.05) is 18.2 Å². The first-order valence-corrected chi connectivity index (χ1v) is 21.7. The highest BCUT2D eigenvalue weighted by molar-refractivity contribution is 6.09. The van der Waals surface area contributed by atoms with Crippen LogP contribution in [0.15, 0.2) is 228 Å². The van der Waals surface area contributed by atoms with Crippen LogP contribution in [0.5, 0.6) is 5.75 Å². The van der Waals surface area contributed by atoms with Crippen LogP contribution in [0, 0.1) is 0 Å². The largest absolute Gasteiger partial charge is 0.460 e. The van der Waals surface area contributed by atoms with Crippen molar-refractivity contribution in [1.29, 1.82) is 0 Å². The molecule has 4 heteroatoms. The third-order valence-corrected chi connectivity index (χ3v) is 13.4. The van der Waals surface area contributed by atoms with Crippen LogP contribution in [-0.2, 0) is 5.41 Å². The van der Waals surface area contributed by atoms with Crippen molar-refractivity contribution in [3.63, 3.8) is 0 Å². The number of hydrogen-bond donors (Lipinski definition) is 0. The Hall–Kier alpha value is -8.08. The minimum Gasteiger partial charge on any atom is -0.460 e. The topological polar surface area (TPSA) is 48.2 Å². The first-order valence-electron chi connectivity index (χ1n) is 21.7. The summed E-state index contributed by atoms with van der Waals surface area (Å²) in [6.07, 6.45) is 5.44. The van der Waals surface area contributed by atoms with E-state index >= 15 is 0 Å². The molecule has 296 valence electrons. The summed E-state index contributed by atoms with van der Waals surface area (Å²) in [5.41, 5.74) is 16.8. The number of benzene rings is 8. The Bertz CT molecular complexity index is 3480. The van der Waals surface area contributed by atoms with Crippen molar-refractivity contribution in [3.8, 4) is 61.9 Å². The molecular formula is C59H38N2O2. The number of ether oxygens (including phenoxy) is 1. The third-order valence-electron chi connectivity index (χ3n) is 13.4. The van der Waals surface area contributed by atoms with Crippen LogP contribution in [0.1, 0.15) is 34.6 Å². The molecule has 3 heterocycles. The second-order valence-electron chi connectivity index (χ2n) is 16.7. The zero-order chi connectivity index (χ0) is 41.5. The molecule has 0 bridgehead atoms. The van der Waals surface area contributed by atoms with Crippen LogP contribution in [0.2, 0.25) is 0 Å². The van der Waals surface area contributed by atoms with E-state index in [1.165, 1.54) is 33.4 Å². The third kappa shape index (κ3) is 5.34. The average Bonchev–Trinajstić information content (AvgIpc) is 3.88. The normalized spacial score (nSPS) is 15.5. The Morgan fingerprint density at radius 1 is 0.476 bits per heavy atom. The summed E-state index contributed by atoms with van der Waals surface area (Å²) < 4.78 is 13.6. The highest BCUT2D eigenvalue weighted by atomic mass is 16.5. The first kappa shape index (κ1) is 35.7. The zero-order valence-electron chi connectivity index (χ0n) is 34.2. The molecule has 1 unspecified atom stereocenters. The molecule has 8 aromatic carbocycles. The predicted octanol–water partition coefficient (Wildman–Crippen LogP) is 14.7. The second-order valence-corrected chi connectivity index (χ2v) is 16.7. The Balaban J connectivity index is 0.960. The van der Waals surface area contributed by atoms with Gasteiger partial charge in [0.05, 0.1) is 16.8 Å². The Labute approximate surface area is 365 Å². The summed E-state index contributed by atoms with van der Waals surface area (Å²) in [4.78, 5) is 10.7. The highest BCUT2D eigenvalue weighted by Gasteiger charge is 2.53. The van der Waals surface area contributed by atoms with Gasteiger partial charge in [0.15, 0.2) is 5.82 Å². The maximum absolute atomic E-state index is 7.17. The summed E-state index contributed by atoms with van der Waals surface area (Å²) in [6.45, 7) is 0. The number of furan rings is 1. The van der Waals surface area contributed by atoms with Crippen molar-refractivity contribution >= 4 is 21.9 Å². The fourth-order valence-electron chi connectivity index (χ4n) is 10.6. The van der Waals surface area contributed by atoms with Crippen LogP contribution < -0.4 is 4.74 Å². The van der Waals surface area contributed by atoms with Crippen LogP contribution in [0.25, 0.3) is 78.1 Å². The monoisotopic (exact) mass is 806 g/mol. The number of rotatable bonds is 5. The van der Waals surface area contributed by atoms with E-state index in [1.54, 1.807) is 0 Å². The molecule has 1 aliphatic heterocycles. The Morgan fingerprint density at radius 3 is 1.84 bits per heavy atom. The molecule has 10 aromatic rings. The maximum atomic E-state index is 7.17. The number of fused-ring (bicyclic) bond motifs is 11. The quantitative estimate of drug-likeness (QED) is 0.174. The maximum Gasteiger partial charge on any atom is 0.160 e. The molecule has 0 saturated carbocycles. The van der Waals surface area contributed by atoms with Gasteiger partial charge in [-0.1, -0.05) is 194 Å². The first-order chi connectivity index (χ1) is 31.2. The van der Waals surface area contributed by atoms with Crippen LogP contribution in [0.4, 0.5) is 0 Å². The Morgan fingerprint density at radius 2 is 1.06 bits per heavy atom. The average molecular weight is 807 g/mol. The summed E-state index contributed by atoms with van der Waals surface area (Å²) in [7, 11) is 0. The van der Waals surface area contributed by atoms with E-state index in [-0.39, 0.29) is 5.92 Å². The molecule has 0 saturated heterocycles. The number of nitrogens with zero attached hydrogens (tertiary/aromatic N) is 2. The smallest absolute Gasteiger partial charge is 0.160 e. The van der Waals surface area contributed by atoms with Gasteiger partial charge in [0.25, 0.3) is 0 Å². The van der Waals surface area contributed by atoms with Crippen molar-refractivity contribution in [2.45, 2.75) is 17.8 Å². The summed E-state index contributed by atoms with van der Waals surface area (Å²) in [5, 5.41) is 2.24. The number of allylic oxidation sites excluding steroid dienone is 4. The van der Waals surface area contributed by atoms with Gasteiger partial charge in [-0.15, -0.1) is 0 Å². The van der Waals surface area contributed by atoms with E-state index in [9.17, 15) is 0 Å². The fourth-order valence-corrected chi connectivity index (χ4v) is 10.6. The van der Waals surface area contributed by atoms with E-state index in [0.29, 0.717) is 5.82 Å². The molecule has 0 fully saturated rings. The van der Waals surface area contributed by atoms with Gasteiger partial charge in [0.2, 0.25) is 0 Å². The van der Waals surface area contributed by atoms with Crippen molar-refractivity contribution < 1.29 is 9.15 Å². The molecule has 0 amide bonds. The standard InChI is InChI=1S/C59H38N2O2/c1-2-16-38(17-3-1)52-36-53(39-34-32-37(33-35-39)40-23-14-24-46-44-21-8-12-30-54(44)62-56(40)46)61-58(60-52)47-22-5-4-18-41(47)45-25-15-29-51-57(45)63-55-31-13-11-28-50(55)59(51)48-26-9-6-19-42(48)43-20-7-10-27-49(43)59/h1-24,26-36,45H,25H2. The molecule has 3 aliphatic rings. The zero-order valence-corrected chi connectivity index (χ0v) is 34.2. The van der Waals surface area contributed by atoms with Crippen molar-refractivity contribution in [3.05, 3.63) is 246 Å². The van der Waals surface area contributed by atoms with Gasteiger partial charge in [0.1, 0.15) is 22.7 Å². The second kappa shape index (κ2) is 14.0. The minimum atomic E-state index is -0.527. The molecule has 2 aromatic heterocycles.